The highest BCUT2D eigenvalue weighted by atomic mass is 32.1. The summed E-state index contributed by atoms with van der Waals surface area (Å²) in [4.78, 5) is 8.11. The Morgan fingerprint density at radius 1 is 1.03 bits per heavy atom. The number of nitrogens with zero attached hydrogens (tertiary/aromatic N) is 4. The van der Waals surface area contributed by atoms with E-state index in [2.05, 4.69) is 10.3 Å². The number of benzene rings is 2. The van der Waals surface area contributed by atoms with Crippen molar-refractivity contribution in [3.8, 4) is 22.8 Å². The van der Waals surface area contributed by atoms with E-state index in [1.807, 2.05) is 59.4 Å². The number of ether oxygens (including phenoxy) is 3. The van der Waals surface area contributed by atoms with Gasteiger partial charge in [-0.15, -0.1) is 11.3 Å². The standard InChI is InChI=1S/C24H28N4O3S/c1-29-21-8-6-20(7-9-21)23-18-32-24(25-10-11-27-12-14-31-15-13-27)28(23)26-17-19-4-3-5-22(16-19)30-2/h3-9,16-18H,10-15H2,1-2H3/b25-24?,26-17+. The van der Waals surface area contributed by atoms with Gasteiger partial charge in [0, 0.05) is 30.6 Å². The van der Waals surface area contributed by atoms with Crippen LogP contribution in [0.5, 0.6) is 11.5 Å². The molecule has 0 unspecified atom stereocenters. The van der Waals surface area contributed by atoms with Crippen molar-refractivity contribution in [1.29, 1.82) is 0 Å². The van der Waals surface area contributed by atoms with E-state index in [0.29, 0.717) is 0 Å². The van der Waals surface area contributed by atoms with Gasteiger partial charge < -0.3 is 14.2 Å². The van der Waals surface area contributed by atoms with E-state index in [1.165, 1.54) is 0 Å². The molecule has 3 aromatic rings. The molecule has 2 aromatic carbocycles. The van der Waals surface area contributed by atoms with Crippen LogP contribution in [0.1, 0.15) is 5.56 Å². The van der Waals surface area contributed by atoms with Gasteiger partial charge >= 0.3 is 0 Å². The van der Waals surface area contributed by atoms with E-state index in [-0.39, 0.29) is 0 Å². The summed E-state index contributed by atoms with van der Waals surface area (Å²) < 4.78 is 18.0. The van der Waals surface area contributed by atoms with Gasteiger partial charge in [0.25, 0.3) is 0 Å². The van der Waals surface area contributed by atoms with Crippen LogP contribution in [0, 0.1) is 0 Å². The molecule has 0 N–H and O–H groups in total. The molecule has 0 spiro atoms. The lowest BCUT2D eigenvalue weighted by atomic mass is 10.2. The lowest BCUT2D eigenvalue weighted by Crippen LogP contribution is -2.38. The molecule has 1 aliphatic heterocycles. The summed E-state index contributed by atoms with van der Waals surface area (Å²) in [5, 5.41) is 6.88. The first kappa shape index (κ1) is 22.3. The summed E-state index contributed by atoms with van der Waals surface area (Å²) in [5.41, 5.74) is 3.00. The van der Waals surface area contributed by atoms with Gasteiger partial charge in [0.2, 0.25) is 4.80 Å². The Hall–Kier alpha value is -2.94. The molecule has 0 bridgehead atoms. The highest BCUT2D eigenvalue weighted by Crippen LogP contribution is 2.23. The first-order valence-electron chi connectivity index (χ1n) is 10.6. The van der Waals surface area contributed by atoms with Crippen molar-refractivity contribution in [3.63, 3.8) is 0 Å². The molecule has 0 atom stereocenters. The third-order valence-electron chi connectivity index (χ3n) is 5.25. The summed E-state index contributed by atoms with van der Waals surface area (Å²) in [5.74, 6) is 1.63. The largest absolute Gasteiger partial charge is 0.497 e. The van der Waals surface area contributed by atoms with Gasteiger partial charge in [-0.2, -0.15) is 5.10 Å². The Balaban J connectivity index is 1.63. The minimum Gasteiger partial charge on any atom is -0.497 e. The van der Waals surface area contributed by atoms with E-state index >= 15 is 0 Å². The zero-order valence-corrected chi connectivity index (χ0v) is 19.3. The minimum absolute atomic E-state index is 0.719. The second-order valence-corrected chi connectivity index (χ2v) is 8.14. The lowest BCUT2D eigenvalue weighted by Gasteiger charge is -2.25. The molecule has 1 aliphatic rings. The van der Waals surface area contributed by atoms with Crippen molar-refractivity contribution in [2.45, 2.75) is 0 Å². The topological polar surface area (TPSA) is 60.6 Å². The normalized spacial score (nSPS) is 15.4. The average molecular weight is 453 g/mol. The Morgan fingerprint density at radius 3 is 2.56 bits per heavy atom. The van der Waals surface area contributed by atoms with Crippen molar-refractivity contribution in [3.05, 3.63) is 64.3 Å². The van der Waals surface area contributed by atoms with Gasteiger partial charge in [-0.1, -0.05) is 12.1 Å². The summed E-state index contributed by atoms with van der Waals surface area (Å²) in [6, 6.07) is 15.8. The number of aromatic nitrogens is 1. The number of morpholine rings is 1. The Kier molecular flexibility index (Phi) is 7.71. The molecule has 168 valence electrons. The molecule has 0 aliphatic carbocycles. The molecular formula is C24H28N4O3S. The van der Waals surface area contributed by atoms with Gasteiger partial charge in [0.1, 0.15) is 11.5 Å². The molecule has 4 rings (SSSR count). The van der Waals surface area contributed by atoms with E-state index < -0.39 is 0 Å². The number of thiazole rings is 1. The molecule has 1 aromatic heterocycles. The molecule has 2 heterocycles. The maximum Gasteiger partial charge on any atom is 0.206 e. The van der Waals surface area contributed by atoms with Crippen LogP contribution < -0.4 is 14.3 Å². The van der Waals surface area contributed by atoms with E-state index in [0.717, 1.165) is 72.5 Å². The van der Waals surface area contributed by atoms with Crippen LogP contribution in [0.4, 0.5) is 0 Å². The van der Waals surface area contributed by atoms with Gasteiger partial charge in [0.15, 0.2) is 0 Å². The smallest absolute Gasteiger partial charge is 0.206 e. The van der Waals surface area contributed by atoms with Crippen LogP contribution in [0.2, 0.25) is 0 Å². The zero-order chi connectivity index (χ0) is 22.2. The van der Waals surface area contributed by atoms with Crippen LogP contribution in [0.15, 0.2) is 64.0 Å². The fraction of sp³-hybridized carbons (Fsp3) is 0.333. The summed E-state index contributed by atoms with van der Waals surface area (Å²) in [6.07, 6.45) is 1.84. The van der Waals surface area contributed by atoms with Gasteiger partial charge in [-0.05, 0) is 42.0 Å². The van der Waals surface area contributed by atoms with Crippen molar-refractivity contribution in [1.82, 2.24) is 9.58 Å². The third kappa shape index (κ3) is 5.64. The molecule has 0 radical (unpaired) electrons. The Labute approximate surface area is 192 Å². The second-order valence-electron chi connectivity index (χ2n) is 7.30. The van der Waals surface area contributed by atoms with Gasteiger partial charge in [0.05, 0.1) is 45.9 Å². The number of hydrogen-bond donors (Lipinski definition) is 0. The fourth-order valence-electron chi connectivity index (χ4n) is 3.44. The van der Waals surface area contributed by atoms with Crippen LogP contribution in [-0.2, 0) is 4.74 Å². The highest BCUT2D eigenvalue weighted by molar-refractivity contribution is 7.07. The quantitative estimate of drug-likeness (QED) is 0.492. The summed E-state index contributed by atoms with van der Waals surface area (Å²) in [6.45, 7) is 5.16. The molecule has 8 heteroatoms. The first-order chi connectivity index (χ1) is 15.8. The lowest BCUT2D eigenvalue weighted by molar-refractivity contribution is 0.0393. The van der Waals surface area contributed by atoms with Crippen LogP contribution >= 0.6 is 11.3 Å². The molecule has 1 fully saturated rings. The molecule has 32 heavy (non-hydrogen) atoms. The molecule has 0 amide bonds. The molecule has 7 nitrogen and oxygen atoms in total. The van der Waals surface area contributed by atoms with E-state index in [4.69, 9.17) is 24.3 Å². The Bertz CT molecular complexity index is 1100. The van der Waals surface area contributed by atoms with Crippen molar-refractivity contribution in [2.75, 3.05) is 53.6 Å². The third-order valence-corrected chi connectivity index (χ3v) is 6.11. The van der Waals surface area contributed by atoms with Crippen molar-refractivity contribution >= 4 is 17.6 Å². The predicted molar refractivity (Wildman–Crippen MR) is 128 cm³/mol. The SMILES string of the molecule is COc1ccc(-c2csc(=NCCN3CCOCC3)n2/N=C/c2cccc(OC)c2)cc1. The zero-order valence-electron chi connectivity index (χ0n) is 18.4. The number of hydrogen-bond acceptors (Lipinski definition) is 7. The average Bonchev–Trinajstić information content (AvgIpc) is 3.26. The summed E-state index contributed by atoms with van der Waals surface area (Å²) in [7, 11) is 3.33. The summed E-state index contributed by atoms with van der Waals surface area (Å²) >= 11 is 1.59. The van der Waals surface area contributed by atoms with Crippen LogP contribution in [0.25, 0.3) is 11.3 Å². The second kappa shape index (κ2) is 11.1. The Morgan fingerprint density at radius 2 is 1.81 bits per heavy atom. The molecule has 0 saturated carbocycles. The molecule has 1 saturated heterocycles. The van der Waals surface area contributed by atoms with Crippen molar-refractivity contribution in [2.24, 2.45) is 10.1 Å². The molecular weight excluding hydrogens is 424 g/mol. The fourth-order valence-corrected chi connectivity index (χ4v) is 4.30. The predicted octanol–water partition coefficient (Wildman–Crippen LogP) is 3.35. The van der Waals surface area contributed by atoms with E-state index in [9.17, 15) is 0 Å². The van der Waals surface area contributed by atoms with Gasteiger partial charge in [-0.3, -0.25) is 9.89 Å². The van der Waals surface area contributed by atoms with Crippen LogP contribution in [-0.4, -0.2) is 69.4 Å². The van der Waals surface area contributed by atoms with E-state index in [1.54, 1.807) is 25.6 Å². The number of methoxy groups -OCH3 is 2. The number of rotatable bonds is 8. The highest BCUT2D eigenvalue weighted by Gasteiger charge is 2.10. The first-order valence-corrected chi connectivity index (χ1v) is 11.5. The monoisotopic (exact) mass is 452 g/mol. The van der Waals surface area contributed by atoms with Gasteiger partial charge in [-0.25, -0.2) is 4.68 Å². The van der Waals surface area contributed by atoms with Crippen LogP contribution in [0.3, 0.4) is 0 Å². The maximum atomic E-state index is 5.43. The van der Waals surface area contributed by atoms with Crippen molar-refractivity contribution < 1.29 is 14.2 Å². The maximum absolute atomic E-state index is 5.43. The minimum atomic E-state index is 0.719.